The number of nitrogens with zero attached hydrogens (tertiary/aromatic N) is 1. The maximum absolute atomic E-state index is 12.7. The predicted molar refractivity (Wildman–Crippen MR) is 92.3 cm³/mol. The Hall–Kier alpha value is -3.47. The van der Waals surface area contributed by atoms with Crippen LogP contribution >= 0.6 is 0 Å². The Morgan fingerprint density at radius 3 is 2.33 bits per heavy atom. The Morgan fingerprint density at radius 1 is 0.875 bits per heavy atom. The largest absolute Gasteiger partial charge is 0.349 e. The van der Waals surface area contributed by atoms with Crippen molar-refractivity contribution in [1.82, 2.24) is 4.98 Å². The molecule has 0 spiro atoms. The summed E-state index contributed by atoms with van der Waals surface area (Å²) in [7, 11) is 0. The Balaban J connectivity index is 2.03. The van der Waals surface area contributed by atoms with Crippen LogP contribution in [-0.2, 0) is 0 Å². The second-order valence-electron chi connectivity index (χ2n) is 5.51. The standard InChI is InChI=1S/C19H12N2O3/c22-19(12-6-2-1-3-7-12)15-11-10-14-13-8-4-5-9-16(13)20-17(14)18(15)21(23)24/h1-11,20H. The summed E-state index contributed by atoms with van der Waals surface area (Å²) < 4.78 is 0. The van der Waals surface area contributed by atoms with E-state index >= 15 is 0 Å². The minimum atomic E-state index is -0.492. The van der Waals surface area contributed by atoms with E-state index in [9.17, 15) is 14.9 Å². The average molecular weight is 316 g/mol. The molecule has 1 aromatic heterocycles. The molecule has 1 N–H and O–H groups in total. The van der Waals surface area contributed by atoms with Crippen molar-refractivity contribution < 1.29 is 9.72 Å². The van der Waals surface area contributed by atoms with Crippen LogP contribution in [0.4, 0.5) is 5.69 Å². The minimum Gasteiger partial charge on any atom is -0.349 e. The van der Waals surface area contributed by atoms with E-state index in [0.717, 1.165) is 16.3 Å². The van der Waals surface area contributed by atoms with E-state index in [2.05, 4.69) is 4.98 Å². The van der Waals surface area contributed by atoms with E-state index in [1.807, 2.05) is 24.3 Å². The van der Waals surface area contributed by atoms with Gasteiger partial charge in [-0.15, -0.1) is 0 Å². The maximum atomic E-state index is 12.7. The minimum absolute atomic E-state index is 0.0882. The van der Waals surface area contributed by atoms with E-state index in [4.69, 9.17) is 0 Å². The molecule has 0 atom stereocenters. The van der Waals surface area contributed by atoms with Crippen LogP contribution in [0.2, 0.25) is 0 Å². The molecular formula is C19H12N2O3. The highest BCUT2D eigenvalue weighted by molar-refractivity contribution is 6.18. The van der Waals surface area contributed by atoms with Crippen LogP contribution in [0.5, 0.6) is 0 Å². The maximum Gasteiger partial charge on any atom is 0.304 e. The van der Waals surface area contributed by atoms with Gasteiger partial charge in [-0.1, -0.05) is 54.6 Å². The Labute approximate surface area is 136 Å². The van der Waals surface area contributed by atoms with Gasteiger partial charge in [0.25, 0.3) is 0 Å². The molecule has 0 aliphatic heterocycles. The van der Waals surface area contributed by atoms with Crippen LogP contribution in [-0.4, -0.2) is 15.7 Å². The predicted octanol–water partition coefficient (Wildman–Crippen LogP) is 4.46. The number of nitro groups is 1. The molecule has 24 heavy (non-hydrogen) atoms. The van der Waals surface area contributed by atoms with E-state index in [1.165, 1.54) is 6.07 Å². The van der Waals surface area contributed by atoms with Gasteiger partial charge in [-0.25, -0.2) is 0 Å². The number of nitrogens with one attached hydrogen (secondary N) is 1. The van der Waals surface area contributed by atoms with Gasteiger partial charge in [0.2, 0.25) is 0 Å². The van der Waals surface area contributed by atoms with Crippen molar-refractivity contribution in [2.24, 2.45) is 0 Å². The topological polar surface area (TPSA) is 76.0 Å². The summed E-state index contributed by atoms with van der Waals surface area (Å²) in [5.74, 6) is -0.358. The number of nitro benzene ring substituents is 1. The molecule has 4 aromatic rings. The molecule has 0 amide bonds. The average Bonchev–Trinajstić information content (AvgIpc) is 2.99. The Bertz CT molecular complexity index is 1100. The summed E-state index contributed by atoms with van der Waals surface area (Å²) in [5.41, 5.74) is 1.52. The first-order valence-corrected chi connectivity index (χ1v) is 7.44. The molecule has 0 unspecified atom stereocenters. The number of hydrogen-bond donors (Lipinski definition) is 1. The fourth-order valence-corrected chi connectivity index (χ4v) is 3.02. The van der Waals surface area contributed by atoms with Crippen molar-refractivity contribution in [3.63, 3.8) is 0 Å². The zero-order chi connectivity index (χ0) is 16.7. The van der Waals surface area contributed by atoms with Gasteiger partial charge in [-0.2, -0.15) is 0 Å². The van der Waals surface area contributed by atoms with Gasteiger partial charge in [0.15, 0.2) is 5.78 Å². The van der Waals surface area contributed by atoms with Crippen molar-refractivity contribution in [3.8, 4) is 0 Å². The van der Waals surface area contributed by atoms with Gasteiger partial charge in [-0.05, 0) is 12.1 Å². The van der Waals surface area contributed by atoms with Gasteiger partial charge in [0.1, 0.15) is 11.1 Å². The molecule has 0 aliphatic rings. The van der Waals surface area contributed by atoms with Crippen LogP contribution in [0, 0.1) is 10.1 Å². The quantitative estimate of drug-likeness (QED) is 0.344. The highest BCUT2D eigenvalue weighted by atomic mass is 16.6. The number of ketones is 1. The first-order valence-electron chi connectivity index (χ1n) is 7.44. The number of benzene rings is 3. The second-order valence-corrected chi connectivity index (χ2v) is 5.51. The fraction of sp³-hybridized carbons (Fsp3) is 0. The zero-order valence-corrected chi connectivity index (χ0v) is 12.5. The number of carbonyl (C=O) groups is 1. The normalized spacial score (nSPS) is 11.0. The lowest BCUT2D eigenvalue weighted by Gasteiger charge is -2.04. The molecule has 0 saturated carbocycles. The summed E-state index contributed by atoms with van der Waals surface area (Å²) in [5, 5.41) is 13.3. The van der Waals surface area contributed by atoms with Crippen molar-refractivity contribution in [2.75, 3.05) is 0 Å². The monoisotopic (exact) mass is 316 g/mol. The number of rotatable bonds is 3. The Kier molecular flexibility index (Phi) is 3.13. The highest BCUT2D eigenvalue weighted by Gasteiger charge is 2.26. The lowest BCUT2D eigenvalue weighted by Crippen LogP contribution is -2.05. The third kappa shape index (κ3) is 2.06. The van der Waals surface area contributed by atoms with E-state index in [1.54, 1.807) is 36.4 Å². The van der Waals surface area contributed by atoms with Crippen LogP contribution in [0.1, 0.15) is 15.9 Å². The van der Waals surface area contributed by atoms with Gasteiger partial charge in [0.05, 0.1) is 4.92 Å². The number of aromatic nitrogens is 1. The van der Waals surface area contributed by atoms with Gasteiger partial charge in [-0.3, -0.25) is 14.9 Å². The molecule has 5 nitrogen and oxygen atoms in total. The first kappa shape index (κ1) is 14.1. The van der Waals surface area contributed by atoms with Crippen molar-refractivity contribution >= 4 is 33.3 Å². The molecule has 4 rings (SSSR count). The summed E-state index contributed by atoms with van der Waals surface area (Å²) in [6, 6.07) is 19.4. The molecule has 3 aromatic carbocycles. The number of H-pyrrole nitrogens is 1. The first-order chi connectivity index (χ1) is 11.7. The molecule has 0 radical (unpaired) electrons. The van der Waals surface area contributed by atoms with Crippen LogP contribution in [0.3, 0.4) is 0 Å². The summed E-state index contributed by atoms with van der Waals surface area (Å²) in [4.78, 5) is 27.0. The molecule has 0 fully saturated rings. The molecular weight excluding hydrogens is 304 g/mol. The number of para-hydroxylation sites is 1. The third-order valence-electron chi connectivity index (χ3n) is 4.12. The van der Waals surface area contributed by atoms with E-state index in [0.29, 0.717) is 11.1 Å². The Morgan fingerprint density at radius 2 is 1.58 bits per heavy atom. The molecule has 116 valence electrons. The van der Waals surface area contributed by atoms with E-state index in [-0.39, 0.29) is 17.0 Å². The number of hydrogen-bond acceptors (Lipinski definition) is 3. The second kappa shape index (κ2) is 5.31. The highest BCUT2D eigenvalue weighted by Crippen LogP contribution is 2.35. The van der Waals surface area contributed by atoms with Gasteiger partial charge < -0.3 is 4.98 Å². The van der Waals surface area contributed by atoms with Crippen LogP contribution in [0.25, 0.3) is 21.8 Å². The summed E-state index contributed by atoms with van der Waals surface area (Å²) >= 11 is 0. The lowest BCUT2D eigenvalue weighted by atomic mass is 9.99. The van der Waals surface area contributed by atoms with Gasteiger partial charge in [0, 0.05) is 21.9 Å². The molecule has 5 heteroatoms. The molecule has 0 bridgehead atoms. The van der Waals surface area contributed by atoms with Crippen molar-refractivity contribution in [3.05, 3.63) is 88.0 Å². The molecule has 1 heterocycles. The zero-order valence-electron chi connectivity index (χ0n) is 12.5. The van der Waals surface area contributed by atoms with Crippen LogP contribution in [0.15, 0.2) is 66.7 Å². The SMILES string of the molecule is O=C(c1ccccc1)c1ccc2c([nH]c3ccccc32)c1[N+](=O)[O-]. The number of carbonyl (C=O) groups excluding carboxylic acids is 1. The van der Waals surface area contributed by atoms with Crippen molar-refractivity contribution in [2.45, 2.75) is 0 Å². The smallest absolute Gasteiger partial charge is 0.304 e. The van der Waals surface area contributed by atoms with E-state index < -0.39 is 4.92 Å². The number of fused-ring (bicyclic) bond motifs is 3. The number of aromatic amines is 1. The molecule has 0 aliphatic carbocycles. The van der Waals surface area contributed by atoms with Gasteiger partial charge >= 0.3 is 5.69 Å². The fourth-order valence-electron chi connectivity index (χ4n) is 3.02. The summed E-state index contributed by atoms with van der Waals surface area (Å²) in [6.07, 6.45) is 0. The van der Waals surface area contributed by atoms with Crippen LogP contribution < -0.4 is 0 Å². The van der Waals surface area contributed by atoms with Crippen molar-refractivity contribution in [1.29, 1.82) is 0 Å². The lowest BCUT2D eigenvalue weighted by molar-refractivity contribution is -0.383. The third-order valence-corrected chi connectivity index (χ3v) is 4.12. The molecule has 0 saturated heterocycles. The summed E-state index contributed by atoms with van der Waals surface area (Å²) in [6.45, 7) is 0.